The Hall–Kier alpha value is -7.77. The normalized spacial score (nSPS) is 11.6. The van der Waals surface area contributed by atoms with Crippen molar-refractivity contribution in [2.75, 3.05) is 0 Å². The number of aromatic nitrogens is 7. The van der Waals surface area contributed by atoms with Gasteiger partial charge < -0.3 is 0 Å². The third-order valence-electron chi connectivity index (χ3n) is 10.5. The van der Waals surface area contributed by atoms with Gasteiger partial charge in [0.25, 0.3) is 0 Å². The van der Waals surface area contributed by atoms with Gasteiger partial charge in [0.15, 0.2) is 17.5 Å². The summed E-state index contributed by atoms with van der Waals surface area (Å²) in [6, 6.07) is 52.2. The van der Waals surface area contributed by atoms with E-state index in [0.717, 1.165) is 93.3 Å². The number of fused-ring (bicyclic) bond motifs is 7. The van der Waals surface area contributed by atoms with E-state index in [0.29, 0.717) is 17.5 Å². The van der Waals surface area contributed by atoms with Gasteiger partial charge in [-0.3, -0.25) is 19.9 Å². The summed E-state index contributed by atoms with van der Waals surface area (Å²) in [6.07, 6.45) is 7.28. The SMILES string of the molecule is c1ccc2cc(-c3nc(-c4ccc(-c5cc6cccnc6c6ncccc56)cc4)nc(-c4ccc(-c5cc6cccnc6c6ncccc56)cc4)n3)ccc2c1. The van der Waals surface area contributed by atoms with Gasteiger partial charge in [0.1, 0.15) is 0 Å². The van der Waals surface area contributed by atoms with Crippen molar-refractivity contribution in [2.45, 2.75) is 0 Å². The molecule has 0 radical (unpaired) electrons. The molecular formula is C49H29N7. The van der Waals surface area contributed by atoms with Crippen molar-refractivity contribution in [1.82, 2.24) is 34.9 Å². The molecule has 0 saturated heterocycles. The van der Waals surface area contributed by atoms with Crippen LogP contribution in [-0.4, -0.2) is 34.9 Å². The molecule has 0 unspecified atom stereocenters. The van der Waals surface area contributed by atoms with E-state index in [2.05, 4.69) is 137 Å². The standard InChI is InChI=1S/C49H29N7/c1-2-8-35-27-38(22-13-30(35)7-1)49-55-47(33-18-14-31(15-19-33)41-28-36-9-3-23-50-43(36)45-39(41)11-5-25-52-45)54-48(56-49)34-20-16-32(17-21-34)42-29-37-10-4-24-51-44(37)46-40(42)12-6-26-53-46/h1-29H. The molecule has 0 atom stereocenters. The Balaban J connectivity index is 1.02. The third-order valence-corrected chi connectivity index (χ3v) is 10.5. The topological polar surface area (TPSA) is 90.2 Å². The van der Waals surface area contributed by atoms with Crippen LogP contribution in [0, 0.1) is 0 Å². The van der Waals surface area contributed by atoms with Crippen molar-refractivity contribution in [1.29, 1.82) is 0 Å². The van der Waals surface area contributed by atoms with E-state index in [9.17, 15) is 0 Å². The summed E-state index contributed by atoms with van der Waals surface area (Å²) >= 11 is 0. The second-order valence-corrected chi connectivity index (χ2v) is 13.8. The average molecular weight is 716 g/mol. The van der Waals surface area contributed by atoms with Crippen LogP contribution in [0.5, 0.6) is 0 Å². The van der Waals surface area contributed by atoms with E-state index >= 15 is 0 Å². The first-order valence-corrected chi connectivity index (χ1v) is 18.5. The molecule has 6 aromatic carbocycles. The molecule has 0 saturated carbocycles. The van der Waals surface area contributed by atoms with Gasteiger partial charge >= 0.3 is 0 Å². The molecule has 0 N–H and O–H groups in total. The number of nitrogens with zero attached hydrogens (tertiary/aromatic N) is 7. The Labute approximate surface area is 321 Å². The van der Waals surface area contributed by atoms with E-state index in [1.165, 1.54) is 0 Å². The van der Waals surface area contributed by atoms with Gasteiger partial charge in [0, 0.05) is 63.0 Å². The summed E-state index contributed by atoms with van der Waals surface area (Å²) in [7, 11) is 0. The minimum Gasteiger partial charge on any atom is -0.254 e. The average Bonchev–Trinajstić information content (AvgIpc) is 3.28. The van der Waals surface area contributed by atoms with Crippen LogP contribution >= 0.6 is 0 Å². The quantitative estimate of drug-likeness (QED) is 0.164. The number of benzene rings is 6. The summed E-state index contributed by atoms with van der Waals surface area (Å²) in [5, 5.41) is 6.50. The van der Waals surface area contributed by atoms with Crippen LogP contribution in [0.1, 0.15) is 0 Å². The van der Waals surface area contributed by atoms with Gasteiger partial charge in [0.05, 0.1) is 22.1 Å². The maximum atomic E-state index is 5.09. The smallest absolute Gasteiger partial charge is 0.164 e. The molecule has 11 rings (SSSR count). The lowest BCUT2D eigenvalue weighted by molar-refractivity contribution is 1.07. The predicted octanol–water partition coefficient (Wildman–Crippen LogP) is 11.6. The fourth-order valence-corrected chi connectivity index (χ4v) is 7.72. The molecule has 0 bridgehead atoms. The van der Waals surface area contributed by atoms with Crippen molar-refractivity contribution < 1.29 is 0 Å². The van der Waals surface area contributed by atoms with Gasteiger partial charge in [-0.25, -0.2) is 15.0 Å². The maximum Gasteiger partial charge on any atom is 0.164 e. The van der Waals surface area contributed by atoms with Gasteiger partial charge in [-0.15, -0.1) is 0 Å². The first kappa shape index (κ1) is 31.7. The Morgan fingerprint density at radius 1 is 0.268 bits per heavy atom. The van der Waals surface area contributed by atoms with E-state index < -0.39 is 0 Å². The highest BCUT2D eigenvalue weighted by molar-refractivity contribution is 6.11. The molecule has 0 aliphatic carbocycles. The number of pyridine rings is 4. The maximum absolute atomic E-state index is 5.09. The van der Waals surface area contributed by atoms with Crippen molar-refractivity contribution in [2.24, 2.45) is 0 Å². The molecule has 56 heavy (non-hydrogen) atoms. The van der Waals surface area contributed by atoms with Crippen LogP contribution in [0.4, 0.5) is 0 Å². The molecule has 0 spiro atoms. The molecule has 5 heterocycles. The summed E-state index contributed by atoms with van der Waals surface area (Å²) in [4.78, 5) is 33.9. The first-order chi connectivity index (χ1) is 27.7. The summed E-state index contributed by atoms with van der Waals surface area (Å²) in [5.41, 5.74) is 10.6. The van der Waals surface area contributed by atoms with E-state index in [1.54, 1.807) is 0 Å². The van der Waals surface area contributed by atoms with Crippen molar-refractivity contribution in [3.63, 3.8) is 0 Å². The largest absolute Gasteiger partial charge is 0.254 e. The molecule has 0 aliphatic heterocycles. The fraction of sp³-hybridized carbons (Fsp3) is 0. The highest BCUT2D eigenvalue weighted by Crippen LogP contribution is 2.36. The first-order valence-electron chi connectivity index (χ1n) is 18.5. The van der Waals surface area contributed by atoms with Crippen LogP contribution in [-0.2, 0) is 0 Å². The zero-order valence-electron chi connectivity index (χ0n) is 29.9. The number of hydrogen-bond acceptors (Lipinski definition) is 7. The Morgan fingerprint density at radius 3 is 1.18 bits per heavy atom. The molecule has 260 valence electrons. The van der Waals surface area contributed by atoms with Gasteiger partial charge in [0.2, 0.25) is 0 Å². The van der Waals surface area contributed by atoms with Crippen molar-refractivity contribution in [3.05, 3.63) is 176 Å². The second kappa shape index (κ2) is 13.0. The van der Waals surface area contributed by atoms with Crippen LogP contribution in [0.15, 0.2) is 176 Å². The van der Waals surface area contributed by atoms with Crippen molar-refractivity contribution >= 4 is 54.4 Å². The van der Waals surface area contributed by atoms with Gasteiger partial charge in [-0.05, 0) is 75.5 Å². The molecule has 5 aromatic heterocycles. The van der Waals surface area contributed by atoms with Gasteiger partial charge in [-0.1, -0.05) is 109 Å². The zero-order chi connectivity index (χ0) is 37.0. The number of rotatable bonds is 5. The van der Waals surface area contributed by atoms with E-state index in [1.807, 2.05) is 49.1 Å². The number of hydrogen-bond donors (Lipinski definition) is 0. The van der Waals surface area contributed by atoms with Crippen molar-refractivity contribution in [3.8, 4) is 56.4 Å². The summed E-state index contributed by atoms with van der Waals surface area (Å²) in [6.45, 7) is 0. The highest BCUT2D eigenvalue weighted by Gasteiger charge is 2.16. The fourth-order valence-electron chi connectivity index (χ4n) is 7.72. The molecule has 11 aromatic rings. The molecule has 0 aliphatic rings. The Bertz CT molecular complexity index is 3130. The molecule has 7 nitrogen and oxygen atoms in total. The lowest BCUT2D eigenvalue weighted by atomic mass is 9.96. The lowest BCUT2D eigenvalue weighted by Gasteiger charge is -2.12. The third kappa shape index (κ3) is 5.41. The monoisotopic (exact) mass is 715 g/mol. The summed E-state index contributed by atoms with van der Waals surface area (Å²) < 4.78 is 0. The molecular weight excluding hydrogens is 687 g/mol. The zero-order valence-corrected chi connectivity index (χ0v) is 29.9. The minimum atomic E-state index is 0.599. The highest BCUT2D eigenvalue weighted by atomic mass is 15.0. The predicted molar refractivity (Wildman–Crippen MR) is 226 cm³/mol. The minimum absolute atomic E-state index is 0.599. The van der Waals surface area contributed by atoms with E-state index in [4.69, 9.17) is 24.9 Å². The van der Waals surface area contributed by atoms with Crippen LogP contribution < -0.4 is 0 Å². The Kier molecular flexibility index (Phi) is 7.35. The Morgan fingerprint density at radius 2 is 0.661 bits per heavy atom. The van der Waals surface area contributed by atoms with E-state index in [-0.39, 0.29) is 0 Å². The molecule has 0 fully saturated rings. The van der Waals surface area contributed by atoms with Crippen LogP contribution in [0.3, 0.4) is 0 Å². The molecule has 0 amide bonds. The van der Waals surface area contributed by atoms with Crippen LogP contribution in [0.25, 0.3) is 111 Å². The van der Waals surface area contributed by atoms with Crippen LogP contribution in [0.2, 0.25) is 0 Å². The lowest BCUT2D eigenvalue weighted by Crippen LogP contribution is -2.00. The summed E-state index contributed by atoms with van der Waals surface area (Å²) in [5.74, 6) is 1.81. The molecule has 7 heteroatoms. The second-order valence-electron chi connectivity index (χ2n) is 13.8. The van der Waals surface area contributed by atoms with Gasteiger partial charge in [-0.2, -0.15) is 0 Å².